The Labute approximate surface area is 186 Å². The predicted molar refractivity (Wildman–Crippen MR) is 113 cm³/mol. The maximum atomic E-state index is 13.0. The van der Waals surface area contributed by atoms with Crippen LogP contribution in [0.15, 0.2) is 77.3 Å². The number of ether oxygens (including phenoxy) is 1. The van der Waals surface area contributed by atoms with Gasteiger partial charge >= 0.3 is 5.97 Å². The van der Waals surface area contributed by atoms with Crippen molar-refractivity contribution in [2.24, 2.45) is 0 Å². The van der Waals surface area contributed by atoms with Gasteiger partial charge in [0.15, 0.2) is 6.61 Å². The van der Waals surface area contributed by atoms with Crippen molar-refractivity contribution < 1.29 is 28.0 Å². The molecule has 8 nitrogen and oxygen atoms in total. The lowest BCUT2D eigenvalue weighted by atomic mass is 10.1. The third kappa shape index (κ3) is 3.76. The molecule has 2 heterocycles. The Hall–Kier alpha value is -4.66. The summed E-state index contributed by atoms with van der Waals surface area (Å²) < 4.78 is 23.3. The van der Waals surface area contributed by atoms with Crippen LogP contribution in [-0.2, 0) is 11.3 Å². The molecule has 0 bridgehead atoms. The van der Waals surface area contributed by atoms with E-state index >= 15 is 0 Å². The summed E-state index contributed by atoms with van der Waals surface area (Å²) in [6.45, 7) is -0.257. The van der Waals surface area contributed by atoms with Crippen LogP contribution in [0.3, 0.4) is 0 Å². The number of imide groups is 1. The number of esters is 1. The number of amides is 2. The summed E-state index contributed by atoms with van der Waals surface area (Å²) in [4.78, 5) is 42.7. The van der Waals surface area contributed by atoms with Gasteiger partial charge in [-0.15, -0.1) is 0 Å². The van der Waals surface area contributed by atoms with Gasteiger partial charge in [-0.25, -0.2) is 14.1 Å². The molecule has 0 unspecified atom stereocenters. The predicted octanol–water partition coefficient (Wildman–Crippen LogP) is 4.03. The topological polar surface area (TPSA) is 103 Å². The molecule has 162 valence electrons. The smallest absolute Gasteiger partial charge is 0.338 e. The van der Waals surface area contributed by atoms with Gasteiger partial charge < -0.3 is 9.26 Å². The first-order valence-corrected chi connectivity index (χ1v) is 9.85. The zero-order valence-corrected chi connectivity index (χ0v) is 16.9. The number of rotatable bonds is 5. The Morgan fingerprint density at radius 3 is 2.18 bits per heavy atom. The van der Waals surface area contributed by atoms with Gasteiger partial charge in [0.1, 0.15) is 5.82 Å². The lowest BCUT2D eigenvalue weighted by Crippen LogP contribution is -2.29. The maximum Gasteiger partial charge on any atom is 0.338 e. The van der Waals surface area contributed by atoms with Crippen LogP contribution in [0.4, 0.5) is 10.1 Å². The third-order valence-electron chi connectivity index (χ3n) is 5.05. The molecule has 0 spiro atoms. The molecule has 1 aromatic heterocycles. The van der Waals surface area contributed by atoms with Crippen LogP contribution < -0.4 is 4.90 Å². The molecule has 3 aromatic carbocycles. The minimum Gasteiger partial charge on any atom is -0.452 e. The molecule has 33 heavy (non-hydrogen) atoms. The van der Waals surface area contributed by atoms with Gasteiger partial charge in [0.05, 0.1) is 22.4 Å². The van der Waals surface area contributed by atoms with E-state index in [0.29, 0.717) is 22.4 Å². The highest BCUT2D eigenvalue weighted by Crippen LogP contribution is 2.28. The van der Waals surface area contributed by atoms with E-state index in [4.69, 9.17) is 9.26 Å². The number of carbonyl (C=O) groups is 3. The summed E-state index contributed by atoms with van der Waals surface area (Å²) in [6.07, 6.45) is 0. The molecule has 0 aliphatic carbocycles. The van der Waals surface area contributed by atoms with Crippen molar-refractivity contribution in [1.29, 1.82) is 0 Å². The quantitative estimate of drug-likeness (QED) is 0.339. The SMILES string of the molecule is O=C(OCc1nc(-c2ccc(F)cc2)no1)c1ccc(N2C(=O)c3ccccc3C2=O)cc1. The van der Waals surface area contributed by atoms with Gasteiger partial charge in [0.2, 0.25) is 5.82 Å². The lowest BCUT2D eigenvalue weighted by Gasteiger charge is -2.14. The third-order valence-corrected chi connectivity index (χ3v) is 5.05. The van der Waals surface area contributed by atoms with E-state index in [9.17, 15) is 18.8 Å². The standard InChI is InChI=1S/C24H14FN3O5/c25-16-9-5-14(6-10-16)21-26-20(33-27-21)13-32-24(31)15-7-11-17(12-8-15)28-22(29)18-3-1-2-4-19(18)23(28)30/h1-12H,13H2. The van der Waals surface area contributed by atoms with E-state index < -0.39 is 17.8 Å². The summed E-state index contributed by atoms with van der Waals surface area (Å²) in [5.74, 6) is -1.55. The molecule has 0 radical (unpaired) electrons. The second-order valence-corrected chi connectivity index (χ2v) is 7.13. The highest BCUT2D eigenvalue weighted by molar-refractivity contribution is 6.34. The molecular formula is C24H14FN3O5. The molecular weight excluding hydrogens is 429 g/mol. The Morgan fingerprint density at radius 2 is 1.55 bits per heavy atom. The fraction of sp³-hybridized carbons (Fsp3) is 0.0417. The summed E-state index contributed by atoms with van der Waals surface area (Å²) in [7, 11) is 0. The number of hydrogen-bond donors (Lipinski definition) is 0. The fourth-order valence-corrected chi connectivity index (χ4v) is 3.41. The van der Waals surface area contributed by atoms with Crippen molar-refractivity contribution in [3.05, 3.63) is 101 Å². The monoisotopic (exact) mass is 443 g/mol. The molecule has 9 heteroatoms. The summed E-state index contributed by atoms with van der Waals surface area (Å²) in [5, 5.41) is 3.78. The Bertz CT molecular complexity index is 1340. The Balaban J connectivity index is 1.24. The first-order valence-electron chi connectivity index (χ1n) is 9.85. The number of nitrogens with zero attached hydrogens (tertiary/aromatic N) is 3. The average Bonchev–Trinajstić information content (AvgIpc) is 3.41. The van der Waals surface area contributed by atoms with Gasteiger partial charge in [-0.05, 0) is 60.7 Å². The molecule has 5 rings (SSSR count). The molecule has 0 N–H and O–H groups in total. The molecule has 1 aliphatic rings. The van der Waals surface area contributed by atoms with Crippen molar-refractivity contribution in [2.45, 2.75) is 6.61 Å². The molecule has 0 atom stereocenters. The molecule has 2 amide bonds. The van der Waals surface area contributed by atoms with Crippen molar-refractivity contribution in [2.75, 3.05) is 4.90 Å². The number of carbonyl (C=O) groups excluding carboxylic acids is 3. The van der Waals surface area contributed by atoms with Crippen LogP contribution in [0.5, 0.6) is 0 Å². The van der Waals surface area contributed by atoms with E-state index in [2.05, 4.69) is 10.1 Å². The Morgan fingerprint density at radius 1 is 0.909 bits per heavy atom. The van der Waals surface area contributed by atoms with Crippen molar-refractivity contribution in [3.8, 4) is 11.4 Å². The zero-order chi connectivity index (χ0) is 22.9. The summed E-state index contributed by atoms with van der Waals surface area (Å²) >= 11 is 0. The number of aromatic nitrogens is 2. The van der Waals surface area contributed by atoms with Crippen molar-refractivity contribution in [1.82, 2.24) is 10.1 Å². The second-order valence-electron chi connectivity index (χ2n) is 7.13. The summed E-state index contributed by atoms with van der Waals surface area (Å²) in [5.41, 5.74) is 1.80. The molecule has 4 aromatic rings. The molecule has 0 fully saturated rings. The lowest BCUT2D eigenvalue weighted by molar-refractivity contribution is 0.0429. The van der Waals surface area contributed by atoms with Crippen molar-refractivity contribution >= 4 is 23.5 Å². The van der Waals surface area contributed by atoms with E-state index in [0.717, 1.165) is 4.90 Å². The first kappa shape index (κ1) is 20.3. The van der Waals surface area contributed by atoms with Crippen LogP contribution in [-0.4, -0.2) is 27.9 Å². The van der Waals surface area contributed by atoms with Crippen LogP contribution in [0.25, 0.3) is 11.4 Å². The first-order chi connectivity index (χ1) is 16.0. The van der Waals surface area contributed by atoms with E-state index in [1.54, 1.807) is 24.3 Å². The number of anilines is 1. The van der Waals surface area contributed by atoms with Crippen LogP contribution in [0, 0.1) is 5.82 Å². The Kier molecular flexibility index (Phi) is 4.98. The van der Waals surface area contributed by atoms with Gasteiger partial charge in [0, 0.05) is 5.56 Å². The van der Waals surface area contributed by atoms with Crippen LogP contribution >= 0.6 is 0 Å². The maximum absolute atomic E-state index is 13.0. The van der Waals surface area contributed by atoms with Crippen LogP contribution in [0.1, 0.15) is 37.0 Å². The number of fused-ring (bicyclic) bond motifs is 1. The molecule has 0 saturated heterocycles. The van der Waals surface area contributed by atoms with E-state index in [-0.39, 0.29) is 29.7 Å². The largest absolute Gasteiger partial charge is 0.452 e. The highest BCUT2D eigenvalue weighted by Gasteiger charge is 2.36. The minimum absolute atomic E-state index is 0.0744. The van der Waals surface area contributed by atoms with Gasteiger partial charge in [0.25, 0.3) is 17.7 Å². The average molecular weight is 443 g/mol. The van der Waals surface area contributed by atoms with Crippen molar-refractivity contribution in [3.63, 3.8) is 0 Å². The van der Waals surface area contributed by atoms with E-state index in [1.165, 1.54) is 48.5 Å². The highest BCUT2D eigenvalue weighted by atomic mass is 19.1. The zero-order valence-electron chi connectivity index (χ0n) is 16.9. The molecule has 0 saturated carbocycles. The number of benzene rings is 3. The fourth-order valence-electron chi connectivity index (χ4n) is 3.41. The van der Waals surface area contributed by atoms with E-state index in [1.807, 2.05) is 0 Å². The minimum atomic E-state index is -0.648. The normalized spacial score (nSPS) is 12.7. The van der Waals surface area contributed by atoms with Gasteiger partial charge in [-0.3, -0.25) is 9.59 Å². The number of hydrogen-bond acceptors (Lipinski definition) is 7. The molecule has 1 aliphatic heterocycles. The van der Waals surface area contributed by atoms with Gasteiger partial charge in [-0.2, -0.15) is 4.98 Å². The van der Waals surface area contributed by atoms with Crippen LogP contribution in [0.2, 0.25) is 0 Å². The van der Waals surface area contributed by atoms with Gasteiger partial charge in [-0.1, -0.05) is 17.3 Å². The number of halogens is 1. The second kappa shape index (κ2) is 8.12. The summed E-state index contributed by atoms with van der Waals surface area (Å²) in [6, 6.07) is 18.1.